The maximum Gasteiger partial charge on any atom is 0.233 e. The lowest BCUT2D eigenvalue weighted by Crippen LogP contribution is -2.43. The maximum absolute atomic E-state index is 12.8. The number of amides is 1. The highest BCUT2D eigenvalue weighted by Gasteiger charge is 2.35. The van der Waals surface area contributed by atoms with E-state index in [4.69, 9.17) is 9.47 Å². The Morgan fingerprint density at radius 1 is 1.30 bits per heavy atom. The zero-order valence-electron chi connectivity index (χ0n) is 16.3. The van der Waals surface area contributed by atoms with Gasteiger partial charge < -0.3 is 14.8 Å². The number of ether oxygens (including phenoxy) is 2. The first-order chi connectivity index (χ1) is 12.9. The van der Waals surface area contributed by atoms with Gasteiger partial charge in [-0.2, -0.15) is 0 Å². The van der Waals surface area contributed by atoms with Crippen molar-refractivity contribution in [1.29, 1.82) is 0 Å². The minimum atomic E-state index is -0.333. The molecule has 144 valence electrons. The molecule has 0 fully saturated rings. The van der Waals surface area contributed by atoms with Gasteiger partial charge in [0, 0.05) is 17.7 Å². The number of fused-ring (bicyclic) bond motifs is 1. The van der Waals surface area contributed by atoms with Gasteiger partial charge >= 0.3 is 0 Å². The number of thioether (sulfide) groups is 1. The van der Waals surface area contributed by atoms with Crippen LogP contribution in [0, 0.1) is 0 Å². The summed E-state index contributed by atoms with van der Waals surface area (Å²) in [5, 5.41) is 3.09. The Labute approximate surface area is 165 Å². The predicted molar refractivity (Wildman–Crippen MR) is 110 cm³/mol. The first-order valence-electron chi connectivity index (χ1n) is 9.21. The Balaban J connectivity index is 1.69. The summed E-state index contributed by atoms with van der Waals surface area (Å²) in [6.45, 7) is 6.06. The van der Waals surface area contributed by atoms with Crippen LogP contribution in [0.3, 0.4) is 0 Å². The maximum atomic E-state index is 12.8. The Hall–Kier alpha value is -2.14. The van der Waals surface area contributed by atoms with Crippen molar-refractivity contribution < 1.29 is 14.3 Å². The van der Waals surface area contributed by atoms with Crippen molar-refractivity contribution in [3.8, 4) is 11.5 Å². The minimum absolute atomic E-state index is 0.0485. The van der Waals surface area contributed by atoms with E-state index in [1.54, 1.807) is 18.9 Å². The fraction of sp³-hybridized carbons (Fsp3) is 0.409. The molecule has 27 heavy (non-hydrogen) atoms. The van der Waals surface area contributed by atoms with Crippen molar-refractivity contribution in [2.24, 2.45) is 0 Å². The van der Waals surface area contributed by atoms with E-state index in [2.05, 4.69) is 17.4 Å². The van der Waals surface area contributed by atoms with E-state index in [1.165, 1.54) is 5.56 Å². The smallest absolute Gasteiger partial charge is 0.233 e. The molecule has 0 bridgehead atoms. The van der Waals surface area contributed by atoms with Crippen LogP contribution in [0.2, 0.25) is 0 Å². The highest BCUT2D eigenvalue weighted by atomic mass is 32.2. The van der Waals surface area contributed by atoms with Crippen molar-refractivity contribution in [3.63, 3.8) is 0 Å². The zero-order chi connectivity index (χ0) is 19.4. The van der Waals surface area contributed by atoms with Gasteiger partial charge in [0.15, 0.2) is 0 Å². The van der Waals surface area contributed by atoms with Crippen LogP contribution in [-0.4, -0.2) is 23.9 Å². The molecular weight excluding hydrogens is 358 g/mol. The molecule has 2 atom stereocenters. The molecule has 1 N–H and O–H groups in total. The van der Waals surface area contributed by atoms with Crippen LogP contribution in [0.4, 0.5) is 0 Å². The van der Waals surface area contributed by atoms with Gasteiger partial charge in [-0.3, -0.25) is 4.79 Å². The van der Waals surface area contributed by atoms with E-state index < -0.39 is 0 Å². The molecule has 1 aliphatic rings. The van der Waals surface area contributed by atoms with Gasteiger partial charge in [0.1, 0.15) is 17.1 Å². The number of methoxy groups -OCH3 is 1. The van der Waals surface area contributed by atoms with Gasteiger partial charge in [-0.15, -0.1) is 11.8 Å². The molecule has 0 aliphatic carbocycles. The lowest BCUT2D eigenvalue weighted by molar-refractivity contribution is -0.121. The van der Waals surface area contributed by atoms with E-state index in [1.807, 2.05) is 57.2 Å². The van der Waals surface area contributed by atoms with Crippen LogP contribution >= 0.6 is 11.8 Å². The van der Waals surface area contributed by atoms with Crippen LogP contribution in [0.15, 0.2) is 48.5 Å². The molecule has 0 radical (unpaired) electrons. The quantitative estimate of drug-likeness (QED) is 0.780. The van der Waals surface area contributed by atoms with Gasteiger partial charge in [0.25, 0.3) is 0 Å². The average Bonchev–Trinajstić information content (AvgIpc) is 2.65. The second-order valence-electron chi connectivity index (χ2n) is 7.47. The average molecular weight is 386 g/mol. The molecule has 1 amide bonds. The zero-order valence-corrected chi connectivity index (χ0v) is 17.1. The first-order valence-corrected chi connectivity index (χ1v) is 10.3. The molecule has 2 aromatic rings. The van der Waals surface area contributed by atoms with Gasteiger partial charge in [-0.1, -0.05) is 30.3 Å². The monoisotopic (exact) mass is 385 g/mol. The van der Waals surface area contributed by atoms with Crippen LogP contribution in [-0.2, 0) is 10.5 Å². The topological polar surface area (TPSA) is 47.6 Å². The normalized spacial score (nSPS) is 18.7. The number of hydrogen-bond donors (Lipinski definition) is 1. The van der Waals surface area contributed by atoms with Gasteiger partial charge in [-0.05, 0) is 44.5 Å². The third-order valence-corrected chi connectivity index (χ3v) is 5.92. The van der Waals surface area contributed by atoms with Crippen LogP contribution in [0.25, 0.3) is 0 Å². The first kappa shape index (κ1) is 19.6. The summed E-state index contributed by atoms with van der Waals surface area (Å²) >= 11 is 1.65. The minimum Gasteiger partial charge on any atom is -0.497 e. The molecule has 0 saturated carbocycles. The summed E-state index contributed by atoms with van der Waals surface area (Å²) < 4.78 is 11.4. The molecule has 0 aromatic heterocycles. The molecule has 4 nitrogen and oxygen atoms in total. The molecule has 0 saturated heterocycles. The summed E-state index contributed by atoms with van der Waals surface area (Å²) in [6, 6.07) is 15.9. The van der Waals surface area contributed by atoms with Crippen LogP contribution in [0.1, 0.15) is 44.4 Å². The van der Waals surface area contributed by atoms with E-state index in [0.717, 1.165) is 29.2 Å². The van der Waals surface area contributed by atoms with Crippen molar-refractivity contribution in [2.75, 3.05) is 7.11 Å². The van der Waals surface area contributed by atoms with Crippen molar-refractivity contribution >= 4 is 17.7 Å². The highest BCUT2D eigenvalue weighted by Crippen LogP contribution is 2.41. The Kier molecular flexibility index (Phi) is 6.00. The molecular formula is C22H27NO3S. The third kappa shape index (κ3) is 4.98. The molecule has 1 aliphatic heterocycles. The van der Waals surface area contributed by atoms with E-state index in [0.29, 0.717) is 0 Å². The Morgan fingerprint density at radius 3 is 2.74 bits per heavy atom. The highest BCUT2D eigenvalue weighted by molar-refractivity contribution is 7.99. The Morgan fingerprint density at radius 2 is 2.04 bits per heavy atom. The van der Waals surface area contributed by atoms with Crippen molar-refractivity contribution in [3.05, 3.63) is 59.7 Å². The number of nitrogens with one attached hydrogen (secondary N) is 1. The molecule has 2 aromatic carbocycles. The third-order valence-electron chi connectivity index (χ3n) is 4.70. The molecule has 0 spiro atoms. The summed E-state index contributed by atoms with van der Waals surface area (Å²) in [4.78, 5) is 12.8. The number of rotatable bonds is 6. The largest absolute Gasteiger partial charge is 0.497 e. The van der Waals surface area contributed by atoms with Crippen molar-refractivity contribution in [2.45, 2.75) is 49.8 Å². The lowest BCUT2D eigenvalue weighted by Gasteiger charge is -2.38. The van der Waals surface area contributed by atoms with Crippen LogP contribution < -0.4 is 14.8 Å². The van der Waals surface area contributed by atoms with E-state index >= 15 is 0 Å². The second kappa shape index (κ2) is 8.26. The number of carbonyl (C=O) groups excluding carboxylic acids is 1. The number of carbonyl (C=O) groups is 1. The SMILES string of the molecule is COc1ccc2c(c1)[C@H](NC(=O)[C@@H](C)SCc1ccccc1)CC(C)(C)O2. The molecule has 1 heterocycles. The predicted octanol–water partition coefficient (Wildman–Crippen LogP) is 4.74. The van der Waals surface area contributed by atoms with E-state index in [-0.39, 0.29) is 22.8 Å². The fourth-order valence-electron chi connectivity index (χ4n) is 3.25. The van der Waals surface area contributed by atoms with Crippen molar-refractivity contribution in [1.82, 2.24) is 5.32 Å². The van der Waals surface area contributed by atoms with Gasteiger partial charge in [0.05, 0.1) is 18.4 Å². The molecule has 3 rings (SSSR count). The van der Waals surface area contributed by atoms with Crippen LogP contribution in [0.5, 0.6) is 11.5 Å². The van der Waals surface area contributed by atoms with Gasteiger partial charge in [-0.25, -0.2) is 0 Å². The van der Waals surface area contributed by atoms with Gasteiger partial charge in [0.2, 0.25) is 5.91 Å². The standard InChI is InChI=1S/C22H27NO3S/c1-15(27-14-16-8-6-5-7-9-16)21(24)23-19-13-22(2,3)26-20-11-10-17(25-4)12-18(19)20/h5-12,15,19H,13-14H2,1-4H3,(H,23,24)/t15-,19-/m1/s1. The fourth-order valence-corrected chi connectivity index (χ4v) is 4.10. The summed E-state index contributed by atoms with van der Waals surface area (Å²) in [5.74, 6) is 2.44. The molecule has 5 heteroatoms. The number of hydrogen-bond acceptors (Lipinski definition) is 4. The summed E-state index contributed by atoms with van der Waals surface area (Å²) in [5.41, 5.74) is 1.87. The molecule has 0 unspecified atom stereocenters. The second-order valence-corrected chi connectivity index (χ2v) is 8.80. The van der Waals surface area contributed by atoms with E-state index in [9.17, 15) is 4.79 Å². The lowest BCUT2D eigenvalue weighted by atomic mass is 9.89. The number of benzene rings is 2. The summed E-state index contributed by atoms with van der Waals surface area (Å²) in [7, 11) is 1.64. The Bertz CT molecular complexity index is 791. The summed E-state index contributed by atoms with van der Waals surface area (Å²) in [6.07, 6.45) is 0.717.